The van der Waals surface area contributed by atoms with Crippen LogP contribution in [0.2, 0.25) is 0 Å². The van der Waals surface area contributed by atoms with Crippen LogP contribution >= 0.6 is 0 Å². The lowest BCUT2D eigenvalue weighted by Crippen LogP contribution is -2.48. The summed E-state index contributed by atoms with van der Waals surface area (Å²) in [6.07, 6.45) is 4.50. The third-order valence-electron chi connectivity index (χ3n) is 4.89. The molecule has 1 heterocycles. The van der Waals surface area contributed by atoms with Gasteiger partial charge in [0.2, 0.25) is 0 Å². The van der Waals surface area contributed by atoms with Crippen LogP contribution in [0, 0.1) is 23.7 Å². The molecule has 0 aromatic heterocycles. The molecule has 0 spiro atoms. The van der Waals surface area contributed by atoms with Crippen molar-refractivity contribution in [1.29, 1.82) is 0 Å². The molecule has 2 atom stereocenters. The molecule has 0 aromatic rings. The van der Waals surface area contributed by atoms with Crippen LogP contribution in [-0.2, 0) is 4.79 Å². The summed E-state index contributed by atoms with van der Waals surface area (Å²) in [6, 6.07) is 0.0498. The maximum Gasteiger partial charge on any atom is 0.317 e. The largest absolute Gasteiger partial charge is 0.481 e. The fourth-order valence-corrected chi connectivity index (χ4v) is 3.79. The van der Waals surface area contributed by atoms with Gasteiger partial charge >= 0.3 is 12.0 Å². The zero-order chi connectivity index (χ0) is 15.4. The first-order valence-corrected chi connectivity index (χ1v) is 8.21. The molecule has 1 saturated carbocycles. The topological polar surface area (TPSA) is 69.6 Å². The highest BCUT2D eigenvalue weighted by Gasteiger charge is 2.28. The minimum Gasteiger partial charge on any atom is -0.481 e. The quantitative estimate of drug-likeness (QED) is 0.841. The van der Waals surface area contributed by atoms with Crippen LogP contribution in [-0.4, -0.2) is 41.6 Å². The highest BCUT2D eigenvalue weighted by Crippen LogP contribution is 2.28. The third kappa shape index (κ3) is 4.61. The molecule has 2 aliphatic rings. The summed E-state index contributed by atoms with van der Waals surface area (Å²) in [5.74, 6) is 0.731. The number of nitrogens with zero attached hydrogens (tertiary/aromatic N) is 1. The van der Waals surface area contributed by atoms with Gasteiger partial charge < -0.3 is 15.3 Å². The number of hydrogen-bond acceptors (Lipinski definition) is 2. The smallest absolute Gasteiger partial charge is 0.317 e. The van der Waals surface area contributed by atoms with Crippen LogP contribution < -0.4 is 5.32 Å². The Hall–Kier alpha value is -1.26. The Morgan fingerprint density at radius 1 is 1.10 bits per heavy atom. The molecule has 21 heavy (non-hydrogen) atoms. The SMILES string of the molecule is CC1CC(C)CN(C(=O)NCC2CCC(C(=O)O)CC2)C1. The van der Waals surface area contributed by atoms with Crippen molar-refractivity contribution < 1.29 is 14.7 Å². The molecule has 1 saturated heterocycles. The van der Waals surface area contributed by atoms with Crippen molar-refractivity contribution in [2.45, 2.75) is 46.0 Å². The number of piperidine rings is 1. The molecule has 120 valence electrons. The van der Waals surface area contributed by atoms with E-state index in [4.69, 9.17) is 5.11 Å². The first kappa shape index (κ1) is 16.1. The van der Waals surface area contributed by atoms with Crippen molar-refractivity contribution in [3.8, 4) is 0 Å². The molecule has 0 aromatic carbocycles. The number of carboxylic acids is 1. The molecule has 5 nitrogen and oxygen atoms in total. The van der Waals surface area contributed by atoms with Crippen LogP contribution in [0.3, 0.4) is 0 Å². The standard InChI is InChI=1S/C16H28N2O3/c1-11-7-12(2)10-18(9-11)16(21)17-8-13-3-5-14(6-4-13)15(19)20/h11-14H,3-10H2,1-2H3,(H,17,21)(H,19,20). The maximum atomic E-state index is 12.2. The van der Waals surface area contributed by atoms with Crippen LogP contribution in [0.4, 0.5) is 4.79 Å². The van der Waals surface area contributed by atoms with Gasteiger partial charge in [0.25, 0.3) is 0 Å². The summed E-state index contributed by atoms with van der Waals surface area (Å²) < 4.78 is 0. The van der Waals surface area contributed by atoms with E-state index in [1.54, 1.807) is 0 Å². The summed E-state index contributed by atoms with van der Waals surface area (Å²) in [6.45, 7) is 6.78. The van der Waals surface area contributed by atoms with E-state index in [0.29, 0.717) is 24.3 Å². The molecule has 2 unspecified atom stereocenters. The zero-order valence-electron chi connectivity index (χ0n) is 13.2. The van der Waals surface area contributed by atoms with E-state index in [1.807, 2.05) is 4.90 Å². The minimum absolute atomic E-state index is 0.0498. The van der Waals surface area contributed by atoms with Gasteiger partial charge in [0, 0.05) is 19.6 Å². The van der Waals surface area contributed by atoms with Gasteiger partial charge in [-0.15, -0.1) is 0 Å². The zero-order valence-corrected chi connectivity index (χ0v) is 13.2. The van der Waals surface area contributed by atoms with E-state index < -0.39 is 5.97 Å². The second-order valence-electron chi connectivity index (χ2n) is 7.09. The summed E-state index contributed by atoms with van der Waals surface area (Å²) in [5, 5.41) is 12.0. The number of aliphatic carboxylic acids is 1. The molecule has 2 rings (SSSR count). The van der Waals surface area contributed by atoms with Crippen LogP contribution in [0.25, 0.3) is 0 Å². The summed E-state index contributed by atoms with van der Waals surface area (Å²) >= 11 is 0. The Balaban J connectivity index is 1.71. The molecule has 0 bridgehead atoms. The van der Waals surface area contributed by atoms with E-state index in [-0.39, 0.29) is 11.9 Å². The predicted molar refractivity (Wildman–Crippen MR) is 81.0 cm³/mol. The van der Waals surface area contributed by atoms with Gasteiger partial charge in [-0.25, -0.2) is 4.79 Å². The number of amides is 2. The van der Waals surface area contributed by atoms with Crippen molar-refractivity contribution >= 4 is 12.0 Å². The van der Waals surface area contributed by atoms with E-state index in [9.17, 15) is 9.59 Å². The van der Waals surface area contributed by atoms with Gasteiger partial charge in [0.1, 0.15) is 0 Å². The van der Waals surface area contributed by atoms with Gasteiger partial charge in [0.05, 0.1) is 5.92 Å². The van der Waals surface area contributed by atoms with E-state index in [0.717, 1.165) is 38.8 Å². The molecular weight excluding hydrogens is 268 g/mol. The molecule has 1 aliphatic heterocycles. The number of rotatable bonds is 3. The van der Waals surface area contributed by atoms with Crippen LogP contribution in [0.5, 0.6) is 0 Å². The highest BCUT2D eigenvalue weighted by atomic mass is 16.4. The summed E-state index contributed by atoms with van der Waals surface area (Å²) in [5.41, 5.74) is 0. The van der Waals surface area contributed by atoms with E-state index in [2.05, 4.69) is 19.2 Å². The average molecular weight is 296 g/mol. The predicted octanol–water partition coefficient (Wildman–Crippen LogP) is 2.56. The fraction of sp³-hybridized carbons (Fsp3) is 0.875. The van der Waals surface area contributed by atoms with Gasteiger partial charge in [0.15, 0.2) is 0 Å². The average Bonchev–Trinajstić information content (AvgIpc) is 2.44. The molecular formula is C16H28N2O3. The number of carbonyl (C=O) groups is 2. The number of carboxylic acid groups (broad SMARTS) is 1. The minimum atomic E-state index is -0.672. The Labute approximate surface area is 127 Å². The number of carbonyl (C=O) groups excluding carboxylic acids is 1. The van der Waals surface area contributed by atoms with Crippen molar-refractivity contribution in [2.75, 3.05) is 19.6 Å². The monoisotopic (exact) mass is 296 g/mol. The van der Waals surface area contributed by atoms with E-state index >= 15 is 0 Å². The van der Waals surface area contributed by atoms with Gasteiger partial charge in [-0.2, -0.15) is 0 Å². The van der Waals surface area contributed by atoms with Gasteiger partial charge in [-0.1, -0.05) is 13.8 Å². The third-order valence-corrected chi connectivity index (χ3v) is 4.89. The fourth-order valence-electron chi connectivity index (χ4n) is 3.79. The van der Waals surface area contributed by atoms with Gasteiger partial charge in [-0.05, 0) is 49.9 Å². The lowest BCUT2D eigenvalue weighted by molar-refractivity contribution is -0.143. The molecule has 5 heteroatoms. The molecule has 2 N–H and O–H groups in total. The number of nitrogens with one attached hydrogen (secondary N) is 1. The number of likely N-dealkylation sites (tertiary alicyclic amines) is 1. The van der Waals surface area contributed by atoms with Crippen molar-refractivity contribution in [2.24, 2.45) is 23.7 Å². The molecule has 2 amide bonds. The first-order chi connectivity index (χ1) is 9.95. The second-order valence-corrected chi connectivity index (χ2v) is 7.09. The lowest BCUT2D eigenvalue weighted by Gasteiger charge is -2.35. The number of hydrogen-bond donors (Lipinski definition) is 2. The normalized spacial score (nSPS) is 33.5. The van der Waals surface area contributed by atoms with Gasteiger partial charge in [-0.3, -0.25) is 4.79 Å². The van der Waals surface area contributed by atoms with Crippen LogP contribution in [0.1, 0.15) is 46.0 Å². The van der Waals surface area contributed by atoms with Crippen molar-refractivity contribution in [3.05, 3.63) is 0 Å². The summed E-state index contributed by atoms with van der Waals surface area (Å²) in [7, 11) is 0. The lowest BCUT2D eigenvalue weighted by atomic mass is 9.82. The van der Waals surface area contributed by atoms with E-state index in [1.165, 1.54) is 6.42 Å². The van der Waals surface area contributed by atoms with Crippen LogP contribution in [0.15, 0.2) is 0 Å². The Morgan fingerprint density at radius 2 is 1.67 bits per heavy atom. The molecule has 1 aliphatic carbocycles. The second kappa shape index (κ2) is 7.14. The summed E-state index contributed by atoms with van der Waals surface area (Å²) in [4.78, 5) is 25.1. The maximum absolute atomic E-state index is 12.2. The molecule has 2 fully saturated rings. The van der Waals surface area contributed by atoms with Crippen molar-refractivity contribution in [1.82, 2.24) is 10.2 Å². The Kier molecular flexibility index (Phi) is 5.48. The Morgan fingerprint density at radius 3 is 2.19 bits per heavy atom. The van der Waals surface area contributed by atoms with Crippen molar-refractivity contribution in [3.63, 3.8) is 0 Å². The Bertz CT molecular complexity index is 368. The number of urea groups is 1. The first-order valence-electron chi connectivity index (χ1n) is 8.21. The highest BCUT2D eigenvalue weighted by molar-refractivity contribution is 5.74. The molecule has 0 radical (unpaired) electrons.